The van der Waals surface area contributed by atoms with Crippen molar-refractivity contribution in [2.75, 3.05) is 7.05 Å². The van der Waals surface area contributed by atoms with Crippen LogP contribution in [0.4, 0.5) is 0 Å². The summed E-state index contributed by atoms with van der Waals surface area (Å²) >= 11 is 0. The van der Waals surface area contributed by atoms with E-state index >= 15 is 0 Å². The third kappa shape index (κ3) is 4.06. The van der Waals surface area contributed by atoms with Crippen molar-refractivity contribution in [2.24, 2.45) is 0 Å². The first-order valence-electron chi connectivity index (χ1n) is 10.1. The molecule has 1 aromatic heterocycles. The standard InChI is InChI=1S/C25H25N3O2/c1-3-17-10-7-11-19(12-17)13-22-20-14-21(24(29)15-23(20)27-26-22)25(30)28(2)16-18-8-5-4-6-9-18/h4-12,14-15,29H,3,13,16H2,1-2H3,(H,26,27). The topological polar surface area (TPSA) is 69.2 Å². The average Bonchev–Trinajstić information content (AvgIpc) is 3.14. The predicted molar refractivity (Wildman–Crippen MR) is 119 cm³/mol. The molecule has 30 heavy (non-hydrogen) atoms. The molecule has 0 aliphatic carbocycles. The van der Waals surface area contributed by atoms with Gasteiger partial charge in [-0.2, -0.15) is 5.10 Å². The van der Waals surface area contributed by atoms with Crippen LogP contribution in [-0.2, 0) is 19.4 Å². The van der Waals surface area contributed by atoms with E-state index in [2.05, 4.69) is 41.4 Å². The van der Waals surface area contributed by atoms with Crippen LogP contribution in [0.15, 0.2) is 66.7 Å². The smallest absolute Gasteiger partial charge is 0.257 e. The highest BCUT2D eigenvalue weighted by Gasteiger charge is 2.19. The number of nitrogens with zero attached hydrogens (tertiary/aromatic N) is 2. The highest BCUT2D eigenvalue weighted by Crippen LogP contribution is 2.28. The lowest BCUT2D eigenvalue weighted by Crippen LogP contribution is -2.26. The number of phenolic OH excluding ortho intramolecular Hbond substituents is 1. The lowest BCUT2D eigenvalue weighted by Gasteiger charge is -2.18. The number of H-pyrrole nitrogens is 1. The van der Waals surface area contributed by atoms with E-state index in [-0.39, 0.29) is 17.2 Å². The molecule has 2 N–H and O–H groups in total. The van der Waals surface area contributed by atoms with Crippen LogP contribution < -0.4 is 0 Å². The number of aryl methyl sites for hydroxylation is 1. The van der Waals surface area contributed by atoms with Crippen molar-refractivity contribution in [3.8, 4) is 5.75 Å². The van der Waals surface area contributed by atoms with Crippen LogP contribution in [-0.4, -0.2) is 33.2 Å². The van der Waals surface area contributed by atoms with Gasteiger partial charge in [0, 0.05) is 37.2 Å². The van der Waals surface area contributed by atoms with Crippen LogP contribution >= 0.6 is 0 Å². The number of hydrogen-bond acceptors (Lipinski definition) is 3. The monoisotopic (exact) mass is 399 g/mol. The van der Waals surface area contributed by atoms with E-state index < -0.39 is 0 Å². The van der Waals surface area contributed by atoms with E-state index in [4.69, 9.17) is 0 Å². The zero-order valence-corrected chi connectivity index (χ0v) is 17.2. The van der Waals surface area contributed by atoms with Crippen LogP contribution in [0.3, 0.4) is 0 Å². The Bertz CT molecular complexity index is 1180. The molecule has 152 valence electrons. The van der Waals surface area contributed by atoms with Crippen LogP contribution in [0.25, 0.3) is 10.9 Å². The number of aromatic amines is 1. The summed E-state index contributed by atoms with van der Waals surface area (Å²) in [4.78, 5) is 14.6. The molecular formula is C25H25N3O2. The molecular weight excluding hydrogens is 374 g/mol. The van der Waals surface area contributed by atoms with Crippen LogP contribution in [0.1, 0.15) is 39.7 Å². The van der Waals surface area contributed by atoms with E-state index in [1.807, 2.05) is 30.3 Å². The normalized spacial score (nSPS) is 11.0. The first kappa shape index (κ1) is 19.7. The molecule has 0 unspecified atom stereocenters. The van der Waals surface area contributed by atoms with Gasteiger partial charge >= 0.3 is 0 Å². The SMILES string of the molecule is CCc1cccc(Cc2[nH]nc3cc(O)c(C(=O)N(C)Cc4ccccc4)cc23)c1. The van der Waals surface area contributed by atoms with Crippen molar-refractivity contribution in [1.29, 1.82) is 0 Å². The number of amides is 1. The highest BCUT2D eigenvalue weighted by atomic mass is 16.3. The summed E-state index contributed by atoms with van der Waals surface area (Å²) in [5.74, 6) is -0.281. The van der Waals surface area contributed by atoms with Crippen molar-refractivity contribution in [2.45, 2.75) is 26.3 Å². The number of hydrogen-bond donors (Lipinski definition) is 2. The number of carbonyl (C=O) groups excluding carboxylic acids is 1. The fourth-order valence-electron chi connectivity index (χ4n) is 3.70. The summed E-state index contributed by atoms with van der Waals surface area (Å²) < 4.78 is 0. The minimum absolute atomic E-state index is 0.0570. The largest absolute Gasteiger partial charge is 0.507 e. The third-order valence-corrected chi connectivity index (χ3v) is 5.37. The molecule has 0 saturated carbocycles. The second-order valence-corrected chi connectivity index (χ2v) is 7.59. The van der Waals surface area contributed by atoms with Gasteiger partial charge in [-0.15, -0.1) is 0 Å². The van der Waals surface area contributed by atoms with Crippen molar-refractivity contribution in [1.82, 2.24) is 15.1 Å². The molecule has 1 amide bonds. The minimum atomic E-state index is -0.224. The van der Waals surface area contributed by atoms with E-state index in [9.17, 15) is 9.90 Å². The third-order valence-electron chi connectivity index (χ3n) is 5.37. The molecule has 0 aliphatic rings. The van der Waals surface area contributed by atoms with E-state index in [0.29, 0.717) is 18.5 Å². The minimum Gasteiger partial charge on any atom is -0.507 e. The van der Waals surface area contributed by atoms with Gasteiger partial charge in [0.2, 0.25) is 0 Å². The fourth-order valence-corrected chi connectivity index (χ4v) is 3.70. The Balaban J connectivity index is 1.63. The summed E-state index contributed by atoms with van der Waals surface area (Å²) in [5, 5.41) is 18.7. The number of benzene rings is 3. The molecule has 0 saturated heterocycles. The van der Waals surface area contributed by atoms with Gasteiger partial charge in [-0.3, -0.25) is 9.89 Å². The first-order chi connectivity index (χ1) is 14.5. The van der Waals surface area contributed by atoms with Crippen molar-refractivity contribution in [3.63, 3.8) is 0 Å². The fraction of sp³-hybridized carbons (Fsp3) is 0.200. The van der Waals surface area contributed by atoms with E-state index in [1.54, 1.807) is 24.1 Å². The van der Waals surface area contributed by atoms with Gasteiger partial charge in [0.1, 0.15) is 5.75 Å². The Morgan fingerprint density at radius 2 is 1.73 bits per heavy atom. The Hall–Kier alpha value is -3.60. The van der Waals surface area contributed by atoms with Gasteiger partial charge in [0.15, 0.2) is 0 Å². The zero-order valence-electron chi connectivity index (χ0n) is 17.2. The van der Waals surface area contributed by atoms with Crippen LogP contribution in [0.2, 0.25) is 0 Å². The second-order valence-electron chi connectivity index (χ2n) is 7.59. The quantitative estimate of drug-likeness (QED) is 0.494. The van der Waals surface area contributed by atoms with Crippen molar-refractivity contribution >= 4 is 16.8 Å². The molecule has 0 aliphatic heterocycles. The molecule has 0 spiro atoms. The highest BCUT2D eigenvalue weighted by molar-refractivity contribution is 6.01. The van der Waals surface area contributed by atoms with Gasteiger partial charge in [-0.05, 0) is 29.2 Å². The number of nitrogens with one attached hydrogen (secondary N) is 1. The van der Waals surface area contributed by atoms with Crippen LogP contribution in [0, 0.1) is 0 Å². The number of fused-ring (bicyclic) bond motifs is 1. The molecule has 0 fully saturated rings. The lowest BCUT2D eigenvalue weighted by atomic mass is 10.0. The molecule has 1 heterocycles. The summed E-state index contributed by atoms with van der Waals surface area (Å²) in [7, 11) is 1.74. The second kappa shape index (κ2) is 8.41. The van der Waals surface area contributed by atoms with Crippen LogP contribution in [0.5, 0.6) is 5.75 Å². The van der Waals surface area contributed by atoms with E-state index in [0.717, 1.165) is 23.1 Å². The van der Waals surface area contributed by atoms with Gasteiger partial charge in [-0.1, -0.05) is 61.5 Å². The Morgan fingerprint density at radius 3 is 2.50 bits per heavy atom. The maximum Gasteiger partial charge on any atom is 0.257 e. The van der Waals surface area contributed by atoms with E-state index in [1.165, 1.54) is 11.1 Å². The molecule has 5 nitrogen and oxygen atoms in total. The summed E-state index contributed by atoms with van der Waals surface area (Å²) in [6.07, 6.45) is 1.67. The first-order valence-corrected chi connectivity index (χ1v) is 10.1. The number of aromatic hydroxyl groups is 1. The Morgan fingerprint density at radius 1 is 1.00 bits per heavy atom. The van der Waals surface area contributed by atoms with Gasteiger partial charge in [0.05, 0.1) is 11.1 Å². The summed E-state index contributed by atoms with van der Waals surface area (Å²) in [5.41, 5.74) is 5.36. The maximum absolute atomic E-state index is 13.0. The summed E-state index contributed by atoms with van der Waals surface area (Å²) in [6, 6.07) is 21.6. The van der Waals surface area contributed by atoms with Gasteiger partial charge < -0.3 is 10.0 Å². The maximum atomic E-state index is 13.0. The zero-order chi connectivity index (χ0) is 21.1. The molecule has 5 heteroatoms. The predicted octanol–water partition coefficient (Wildman–Crippen LogP) is 4.69. The van der Waals surface area contributed by atoms with Gasteiger partial charge in [-0.25, -0.2) is 0 Å². The lowest BCUT2D eigenvalue weighted by molar-refractivity contribution is 0.0782. The van der Waals surface area contributed by atoms with Gasteiger partial charge in [0.25, 0.3) is 5.91 Å². The number of rotatable bonds is 6. The Kier molecular flexibility index (Phi) is 5.53. The molecule has 0 bridgehead atoms. The Labute approximate surface area is 176 Å². The molecule has 4 aromatic rings. The molecule has 0 radical (unpaired) electrons. The molecule has 4 rings (SSSR count). The summed E-state index contributed by atoms with van der Waals surface area (Å²) in [6.45, 7) is 2.61. The number of carbonyl (C=O) groups is 1. The average molecular weight is 399 g/mol. The van der Waals surface area contributed by atoms with Crippen molar-refractivity contribution < 1.29 is 9.90 Å². The number of phenols is 1. The van der Waals surface area contributed by atoms with Crippen molar-refractivity contribution in [3.05, 3.63) is 94.7 Å². The molecule has 3 aromatic carbocycles. The molecule has 0 atom stereocenters. The number of aromatic nitrogens is 2.